The molecule has 1 aromatic carbocycles. The lowest BCUT2D eigenvalue weighted by molar-refractivity contribution is 0.517. The SMILES string of the molecule is CNC(CC1CC1)c1cccc2nccnc12. The van der Waals surface area contributed by atoms with Gasteiger partial charge in [0.05, 0.1) is 11.0 Å². The van der Waals surface area contributed by atoms with Crippen molar-refractivity contribution in [2.24, 2.45) is 5.92 Å². The average Bonchev–Trinajstić information content (AvgIpc) is 3.19. The van der Waals surface area contributed by atoms with Gasteiger partial charge < -0.3 is 5.32 Å². The Labute approximate surface area is 101 Å². The fourth-order valence-corrected chi connectivity index (χ4v) is 2.38. The van der Waals surface area contributed by atoms with Crippen molar-refractivity contribution in [3.63, 3.8) is 0 Å². The number of nitrogens with one attached hydrogen (secondary N) is 1. The third-order valence-electron chi connectivity index (χ3n) is 3.52. The van der Waals surface area contributed by atoms with Crippen molar-refractivity contribution >= 4 is 11.0 Å². The van der Waals surface area contributed by atoms with E-state index < -0.39 is 0 Å². The maximum absolute atomic E-state index is 4.48. The van der Waals surface area contributed by atoms with Crippen LogP contribution in [0.25, 0.3) is 11.0 Å². The Hall–Kier alpha value is -1.48. The van der Waals surface area contributed by atoms with E-state index in [1.807, 2.05) is 13.1 Å². The fraction of sp³-hybridized carbons (Fsp3) is 0.429. The summed E-state index contributed by atoms with van der Waals surface area (Å²) in [6.45, 7) is 0. The first kappa shape index (κ1) is 10.7. The number of rotatable bonds is 4. The largest absolute Gasteiger partial charge is 0.313 e. The van der Waals surface area contributed by atoms with Crippen LogP contribution < -0.4 is 5.32 Å². The third kappa shape index (κ3) is 2.15. The lowest BCUT2D eigenvalue weighted by atomic mass is 9.99. The van der Waals surface area contributed by atoms with E-state index in [4.69, 9.17) is 0 Å². The van der Waals surface area contributed by atoms with E-state index in [0.29, 0.717) is 6.04 Å². The smallest absolute Gasteiger partial charge is 0.0934 e. The van der Waals surface area contributed by atoms with Crippen LogP contribution in [0.15, 0.2) is 30.6 Å². The number of nitrogens with zero attached hydrogens (tertiary/aromatic N) is 2. The van der Waals surface area contributed by atoms with Crippen molar-refractivity contribution in [3.05, 3.63) is 36.2 Å². The van der Waals surface area contributed by atoms with Gasteiger partial charge in [0.2, 0.25) is 0 Å². The van der Waals surface area contributed by atoms with Crippen LogP contribution in [0.5, 0.6) is 0 Å². The molecule has 0 radical (unpaired) electrons. The van der Waals surface area contributed by atoms with E-state index in [-0.39, 0.29) is 0 Å². The summed E-state index contributed by atoms with van der Waals surface area (Å²) in [6, 6.07) is 6.67. The molecule has 0 spiro atoms. The summed E-state index contributed by atoms with van der Waals surface area (Å²) >= 11 is 0. The van der Waals surface area contributed by atoms with Crippen molar-refractivity contribution in [2.45, 2.75) is 25.3 Å². The monoisotopic (exact) mass is 227 g/mol. The molecule has 1 aliphatic carbocycles. The van der Waals surface area contributed by atoms with Crippen molar-refractivity contribution in [2.75, 3.05) is 7.05 Å². The number of aromatic nitrogens is 2. The normalized spacial score (nSPS) is 17.2. The van der Waals surface area contributed by atoms with Gasteiger partial charge in [0, 0.05) is 18.4 Å². The minimum atomic E-state index is 0.405. The number of fused-ring (bicyclic) bond motifs is 1. The van der Waals surface area contributed by atoms with Crippen molar-refractivity contribution < 1.29 is 0 Å². The van der Waals surface area contributed by atoms with Crippen LogP contribution in [0.4, 0.5) is 0 Å². The molecule has 3 nitrogen and oxygen atoms in total. The van der Waals surface area contributed by atoms with Gasteiger partial charge in [-0.15, -0.1) is 0 Å². The standard InChI is InChI=1S/C14H17N3/c1-15-13(9-10-5-6-10)11-3-2-4-12-14(11)17-8-7-16-12/h2-4,7-8,10,13,15H,5-6,9H2,1H3. The zero-order chi connectivity index (χ0) is 11.7. The highest BCUT2D eigenvalue weighted by Gasteiger charge is 2.26. The molecule has 1 unspecified atom stereocenters. The van der Waals surface area contributed by atoms with Crippen LogP contribution in [0.1, 0.15) is 30.9 Å². The Balaban J connectivity index is 2.01. The number of hydrogen-bond acceptors (Lipinski definition) is 3. The van der Waals surface area contributed by atoms with Crippen molar-refractivity contribution in [1.82, 2.24) is 15.3 Å². The topological polar surface area (TPSA) is 37.8 Å². The Morgan fingerprint density at radius 1 is 1.29 bits per heavy atom. The molecule has 1 N–H and O–H groups in total. The van der Waals surface area contributed by atoms with Crippen LogP contribution in [-0.4, -0.2) is 17.0 Å². The van der Waals surface area contributed by atoms with Gasteiger partial charge in [0.1, 0.15) is 0 Å². The molecule has 0 saturated heterocycles. The van der Waals surface area contributed by atoms with E-state index in [1.165, 1.54) is 24.8 Å². The quantitative estimate of drug-likeness (QED) is 0.872. The van der Waals surface area contributed by atoms with E-state index in [1.54, 1.807) is 12.4 Å². The average molecular weight is 227 g/mol. The number of benzene rings is 1. The van der Waals surface area contributed by atoms with Gasteiger partial charge in [-0.25, -0.2) is 0 Å². The maximum Gasteiger partial charge on any atom is 0.0934 e. The van der Waals surface area contributed by atoms with Crippen molar-refractivity contribution in [1.29, 1.82) is 0 Å². The molecule has 1 aromatic heterocycles. The molecule has 1 fully saturated rings. The van der Waals surface area contributed by atoms with Crippen LogP contribution in [0.3, 0.4) is 0 Å². The molecule has 3 rings (SSSR count). The zero-order valence-electron chi connectivity index (χ0n) is 10.1. The summed E-state index contributed by atoms with van der Waals surface area (Å²) in [7, 11) is 2.03. The lowest BCUT2D eigenvalue weighted by Gasteiger charge is -2.17. The van der Waals surface area contributed by atoms with Crippen LogP contribution in [0.2, 0.25) is 0 Å². The molecular weight excluding hydrogens is 210 g/mol. The predicted octanol–water partition coefficient (Wildman–Crippen LogP) is 2.69. The van der Waals surface area contributed by atoms with Crippen LogP contribution in [-0.2, 0) is 0 Å². The lowest BCUT2D eigenvalue weighted by Crippen LogP contribution is -2.17. The molecule has 0 aliphatic heterocycles. The van der Waals surface area contributed by atoms with Crippen LogP contribution >= 0.6 is 0 Å². The molecule has 88 valence electrons. The van der Waals surface area contributed by atoms with Gasteiger partial charge in [-0.1, -0.05) is 25.0 Å². The second kappa shape index (κ2) is 4.41. The highest BCUT2D eigenvalue weighted by molar-refractivity contribution is 5.78. The second-order valence-electron chi connectivity index (χ2n) is 4.79. The van der Waals surface area contributed by atoms with Crippen LogP contribution in [0, 0.1) is 5.92 Å². The summed E-state index contributed by atoms with van der Waals surface area (Å²) in [6.07, 6.45) is 7.51. The summed E-state index contributed by atoms with van der Waals surface area (Å²) < 4.78 is 0. The Morgan fingerprint density at radius 2 is 2.12 bits per heavy atom. The van der Waals surface area contributed by atoms with Gasteiger partial charge in [0.25, 0.3) is 0 Å². The van der Waals surface area contributed by atoms with E-state index in [0.717, 1.165) is 17.0 Å². The number of hydrogen-bond donors (Lipinski definition) is 1. The van der Waals surface area contributed by atoms with E-state index in [2.05, 4.69) is 27.4 Å². The molecule has 1 saturated carbocycles. The van der Waals surface area contributed by atoms with Gasteiger partial charge in [-0.3, -0.25) is 9.97 Å². The molecule has 1 atom stereocenters. The first-order valence-corrected chi connectivity index (χ1v) is 6.25. The Morgan fingerprint density at radius 3 is 2.88 bits per heavy atom. The highest BCUT2D eigenvalue weighted by atomic mass is 14.9. The zero-order valence-corrected chi connectivity index (χ0v) is 10.1. The molecule has 1 aliphatic rings. The summed E-state index contributed by atoms with van der Waals surface area (Å²) in [5.74, 6) is 0.902. The molecule has 17 heavy (non-hydrogen) atoms. The molecule has 3 heteroatoms. The van der Waals surface area contributed by atoms with E-state index in [9.17, 15) is 0 Å². The Bertz CT molecular complexity index is 514. The maximum atomic E-state index is 4.48. The minimum absolute atomic E-state index is 0.405. The van der Waals surface area contributed by atoms with Gasteiger partial charge in [-0.2, -0.15) is 0 Å². The second-order valence-corrected chi connectivity index (χ2v) is 4.79. The molecular formula is C14H17N3. The summed E-state index contributed by atoms with van der Waals surface area (Å²) in [4.78, 5) is 8.84. The summed E-state index contributed by atoms with van der Waals surface area (Å²) in [5, 5.41) is 3.41. The molecule has 2 aromatic rings. The predicted molar refractivity (Wildman–Crippen MR) is 68.7 cm³/mol. The Kier molecular flexibility index (Phi) is 2.77. The molecule has 0 bridgehead atoms. The highest BCUT2D eigenvalue weighted by Crippen LogP contribution is 2.38. The number of para-hydroxylation sites is 1. The molecule has 1 heterocycles. The van der Waals surface area contributed by atoms with E-state index >= 15 is 0 Å². The first-order chi connectivity index (χ1) is 8.38. The fourth-order valence-electron chi connectivity index (χ4n) is 2.38. The van der Waals surface area contributed by atoms with Crippen molar-refractivity contribution in [3.8, 4) is 0 Å². The molecule has 0 amide bonds. The first-order valence-electron chi connectivity index (χ1n) is 6.25. The summed E-state index contributed by atoms with van der Waals surface area (Å²) in [5.41, 5.74) is 3.31. The van der Waals surface area contributed by atoms with Gasteiger partial charge >= 0.3 is 0 Å². The minimum Gasteiger partial charge on any atom is -0.313 e. The van der Waals surface area contributed by atoms with Gasteiger partial charge in [-0.05, 0) is 31.0 Å². The van der Waals surface area contributed by atoms with Gasteiger partial charge in [0.15, 0.2) is 0 Å². The third-order valence-corrected chi connectivity index (χ3v) is 3.52.